The molecular formula is C15H21N3O3. The number of likely N-dealkylation sites (N-methyl/N-ethyl adjacent to an activating group) is 1. The molecule has 1 saturated heterocycles. The van der Waals surface area contributed by atoms with E-state index in [4.69, 9.17) is 5.11 Å². The fourth-order valence-corrected chi connectivity index (χ4v) is 2.32. The Kier molecular flexibility index (Phi) is 5.16. The number of aromatic carboxylic acids is 1. The van der Waals surface area contributed by atoms with Crippen molar-refractivity contribution in [3.63, 3.8) is 0 Å². The zero-order valence-corrected chi connectivity index (χ0v) is 12.2. The number of rotatable bonds is 4. The lowest BCUT2D eigenvalue weighted by Crippen LogP contribution is -2.51. The highest BCUT2D eigenvalue weighted by atomic mass is 16.4. The fourth-order valence-electron chi connectivity index (χ4n) is 2.32. The summed E-state index contributed by atoms with van der Waals surface area (Å²) < 4.78 is 0. The molecular weight excluding hydrogens is 270 g/mol. The number of hydrogen-bond acceptors (Lipinski definition) is 3. The van der Waals surface area contributed by atoms with Crippen LogP contribution in [0, 0.1) is 0 Å². The Balaban J connectivity index is 1.80. The van der Waals surface area contributed by atoms with Crippen LogP contribution in [0.25, 0.3) is 0 Å². The molecule has 1 fully saturated rings. The van der Waals surface area contributed by atoms with Gasteiger partial charge >= 0.3 is 12.0 Å². The molecule has 114 valence electrons. The van der Waals surface area contributed by atoms with Gasteiger partial charge in [-0.05, 0) is 24.2 Å². The van der Waals surface area contributed by atoms with Gasteiger partial charge in [-0.1, -0.05) is 19.1 Å². The summed E-state index contributed by atoms with van der Waals surface area (Å²) in [5.74, 6) is -0.945. The number of carbonyl (C=O) groups is 2. The first-order chi connectivity index (χ1) is 10.1. The Bertz CT molecular complexity index is 493. The Morgan fingerprint density at radius 2 is 1.76 bits per heavy atom. The summed E-state index contributed by atoms with van der Waals surface area (Å²) in [6.45, 7) is 6.87. The minimum absolute atomic E-state index is 0.0620. The van der Waals surface area contributed by atoms with Crippen molar-refractivity contribution in [2.24, 2.45) is 0 Å². The van der Waals surface area contributed by atoms with Crippen LogP contribution in [0.15, 0.2) is 24.3 Å². The zero-order valence-electron chi connectivity index (χ0n) is 12.2. The van der Waals surface area contributed by atoms with Gasteiger partial charge in [-0.25, -0.2) is 9.59 Å². The van der Waals surface area contributed by atoms with Crippen molar-refractivity contribution in [3.8, 4) is 0 Å². The molecule has 1 aromatic rings. The summed E-state index contributed by atoms with van der Waals surface area (Å²) in [5, 5.41) is 11.7. The first-order valence-corrected chi connectivity index (χ1v) is 7.17. The lowest BCUT2D eigenvalue weighted by molar-refractivity contribution is 0.0697. The maximum absolute atomic E-state index is 12.0. The molecule has 0 unspecified atom stereocenters. The molecule has 1 heterocycles. The number of carboxylic acids is 1. The number of urea groups is 1. The standard InChI is InChI=1S/C15H21N3O3/c1-2-17-7-9-18(10-8-17)15(21)16-11-12-3-5-13(6-4-12)14(19)20/h3-6H,2,7-11H2,1H3,(H,16,21)(H,19,20). The van der Waals surface area contributed by atoms with Gasteiger partial charge in [0.25, 0.3) is 0 Å². The van der Waals surface area contributed by atoms with Gasteiger partial charge in [-0.3, -0.25) is 0 Å². The number of hydrogen-bond donors (Lipinski definition) is 2. The summed E-state index contributed by atoms with van der Waals surface area (Å²) in [4.78, 5) is 26.9. The normalized spacial score (nSPS) is 15.8. The van der Waals surface area contributed by atoms with E-state index in [9.17, 15) is 9.59 Å². The Morgan fingerprint density at radius 1 is 1.14 bits per heavy atom. The molecule has 2 N–H and O–H groups in total. The molecule has 0 aliphatic carbocycles. The van der Waals surface area contributed by atoms with E-state index in [0.29, 0.717) is 6.54 Å². The van der Waals surface area contributed by atoms with E-state index in [2.05, 4.69) is 17.1 Å². The van der Waals surface area contributed by atoms with Gasteiger partial charge in [-0.2, -0.15) is 0 Å². The third kappa shape index (κ3) is 4.19. The van der Waals surface area contributed by atoms with E-state index in [-0.39, 0.29) is 11.6 Å². The number of benzene rings is 1. The second kappa shape index (κ2) is 7.08. The molecule has 6 heteroatoms. The molecule has 0 atom stereocenters. The van der Waals surface area contributed by atoms with E-state index in [1.54, 1.807) is 24.3 Å². The van der Waals surface area contributed by atoms with E-state index < -0.39 is 5.97 Å². The van der Waals surface area contributed by atoms with Crippen LogP contribution in [0.4, 0.5) is 4.79 Å². The number of nitrogens with zero attached hydrogens (tertiary/aromatic N) is 2. The van der Waals surface area contributed by atoms with Crippen LogP contribution in [0.1, 0.15) is 22.8 Å². The molecule has 0 spiro atoms. The van der Waals surface area contributed by atoms with Crippen LogP contribution in [-0.4, -0.2) is 59.6 Å². The first-order valence-electron chi connectivity index (χ1n) is 7.17. The molecule has 0 aromatic heterocycles. The third-order valence-electron chi connectivity index (χ3n) is 3.75. The van der Waals surface area contributed by atoms with Crippen LogP contribution in [0.3, 0.4) is 0 Å². The Hall–Kier alpha value is -2.08. The van der Waals surface area contributed by atoms with Crippen LogP contribution < -0.4 is 5.32 Å². The maximum Gasteiger partial charge on any atom is 0.335 e. The summed E-state index contributed by atoms with van der Waals surface area (Å²) >= 11 is 0. The van der Waals surface area contributed by atoms with Gasteiger partial charge in [-0.15, -0.1) is 0 Å². The molecule has 1 aliphatic rings. The molecule has 0 bridgehead atoms. The smallest absolute Gasteiger partial charge is 0.335 e. The highest BCUT2D eigenvalue weighted by Gasteiger charge is 2.19. The quantitative estimate of drug-likeness (QED) is 0.875. The fraction of sp³-hybridized carbons (Fsp3) is 0.467. The van der Waals surface area contributed by atoms with E-state index >= 15 is 0 Å². The van der Waals surface area contributed by atoms with Crippen molar-refractivity contribution in [3.05, 3.63) is 35.4 Å². The van der Waals surface area contributed by atoms with Gasteiger partial charge < -0.3 is 20.2 Å². The number of carboxylic acid groups (broad SMARTS) is 1. The predicted molar refractivity (Wildman–Crippen MR) is 79.3 cm³/mol. The van der Waals surface area contributed by atoms with Gasteiger partial charge in [0, 0.05) is 32.7 Å². The second-order valence-electron chi connectivity index (χ2n) is 5.08. The minimum Gasteiger partial charge on any atom is -0.478 e. The van der Waals surface area contributed by atoms with E-state index in [0.717, 1.165) is 38.3 Å². The average Bonchev–Trinajstić information content (AvgIpc) is 2.53. The topological polar surface area (TPSA) is 72.9 Å². The maximum atomic E-state index is 12.0. The Morgan fingerprint density at radius 3 is 2.29 bits per heavy atom. The summed E-state index contributed by atoms with van der Waals surface area (Å²) in [6.07, 6.45) is 0. The lowest BCUT2D eigenvalue weighted by atomic mass is 10.1. The zero-order chi connectivity index (χ0) is 15.2. The first kappa shape index (κ1) is 15.3. The molecule has 1 aromatic carbocycles. The van der Waals surface area contributed by atoms with Crippen molar-refractivity contribution < 1.29 is 14.7 Å². The number of nitrogens with one attached hydrogen (secondary N) is 1. The summed E-state index contributed by atoms with van der Waals surface area (Å²) in [7, 11) is 0. The van der Waals surface area contributed by atoms with Gasteiger partial charge in [0.15, 0.2) is 0 Å². The van der Waals surface area contributed by atoms with Crippen molar-refractivity contribution in [2.45, 2.75) is 13.5 Å². The van der Waals surface area contributed by atoms with Crippen molar-refractivity contribution in [2.75, 3.05) is 32.7 Å². The van der Waals surface area contributed by atoms with Crippen LogP contribution in [-0.2, 0) is 6.54 Å². The molecule has 2 rings (SSSR count). The predicted octanol–water partition coefficient (Wildman–Crippen LogP) is 1.23. The Labute approximate surface area is 124 Å². The molecule has 0 saturated carbocycles. The molecule has 0 radical (unpaired) electrons. The van der Waals surface area contributed by atoms with E-state index in [1.165, 1.54) is 0 Å². The van der Waals surface area contributed by atoms with E-state index in [1.807, 2.05) is 4.90 Å². The lowest BCUT2D eigenvalue weighted by Gasteiger charge is -2.34. The molecule has 6 nitrogen and oxygen atoms in total. The highest BCUT2D eigenvalue weighted by Crippen LogP contribution is 2.05. The second-order valence-corrected chi connectivity index (χ2v) is 5.08. The van der Waals surface area contributed by atoms with Crippen molar-refractivity contribution >= 4 is 12.0 Å². The number of amides is 2. The monoisotopic (exact) mass is 291 g/mol. The molecule has 2 amide bonds. The number of piperazine rings is 1. The highest BCUT2D eigenvalue weighted by molar-refractivity contribution is 5.87. The molecule has 21 heavy (non-hydrogen) atoms. The number of carbonyl (C=O) groups excluding carboxylic acids is 1. The van der Waals surface area contributed by atoms with Crippen molar-refractivity contribution in [1.82, 2.24) is 15.1 Å². The summed E-state index contributed by atoms with van der Waals surface area (Å²) in [5.41, 5.74) is 1.14. The minimum atomic E-state index is -0.945. The summed E-state index contributed by atoms with van der Waals surface area (Å²) in [6, 6.07) is 6.47. The van der Waals surface area contributed by atoms with Gasteiger partial charge in [0.05, 0.1) is 5.56 Å². The van der Waals surface area contributed by atoms with Crippen LogP contribution in [0.2, 0.25) is 0 Å². The average molecular weight is 291 g/mol. The van der Waals surface area contributed by atoms with Crippen LogP contribution in [0.5, 0.6) is 0 Å². The van der Waals surface area contributed by atoms with Crippen LogP contribution >= 0.6 is 0 Å². The van der Waals surface area contributed by atoms with Gasteiger partial charge in [0.2, 0.25) is 0 Å². The van der Waals surface area contributed by atoms with Crippen molar-refractivity contribution in [1.29, 1.82) is 0 Å². The van der Waals surface area contributed by atoms with Gasteiger partial charge in [0.1, 0.15) is 0 Å². The third-order valence-corrected chi connectivity index (χ3v) is 3.75. The molecule has 1 aliphatic heterocycles. The SMILES string of the molecule is CCN1CCN(C(=O)NCc2ccc(C(=O)O)cc2)CC1. The largest absolute Gasteiger partial charge is 0.478 e.